The van der Waals surface area contributed by atoms with E-state index in [4.69, 9.17) is 0 Å². The van der Waals surface area contributed by atoms with Crippen molar-refractivity contribution in [1.29, 1.82) is 0 Å². The maximum atomic E-state index is 12.8. The molecule has 0 bridgehead atoms. The van der Waals surface area contributed by atoms with Gasteiger partial charge in [-0.15, -0.1) is 0 Å². The Bertz CT molecular complexity index is 779. The summed E-state index contributed by atoms with van der Waals surface area (Å²) in [5, 5.41) is 2.68. The molecule has 2 aromatic rings. The number of amides is 2. The van der Waals surface area contributed by atoms with Gasteiger partial charge in [-0.2, -0.15) is 13.2 Å². The van der Waals surface area contributed by atoms with Crippen molar-refractivity contribution in [1.82, 2.24) is 20.2 Å². The summed E-state index contributed by atoms with van der Waals surface area (Å²) >= 11 is 0. The first-order valence-corrected chi connectivity index (χ1v) is 7.35. The van der Waals surface area contributed by atoms with Gasteiger partial charge in [-0.1, -0.05) is 6.07 Å². The van der Waals surface area contributed by atoms with Crippen LogP contribution in [-0.2, 0) is 12.7 Å². The summed E-state index contributed by atoms with van der Waals surface area (Å²) in [4.78, 5) is 23.0. The van der Waals surface area contributed by atoms with Crippen LogP contribution in [-0.4, -0.2) is 27.6 Å². The predicted octanol–water partition coefficient (Wildman–Crippen LogP) is 2.96. The number of anilines is 1. The Morgan fingerprint density at radius 2 is 2.08 bits per heavy atom. The summed E-state index contributed by atoms with van der Waals surface area (Å²) in [5.74, 6) is 0. The molecule has 1 aromatic carbocycles. The Labute approximate surface area is 141 Å². The summed E-state index contributed by atoms with van der Waals surface area (Å²) in [7, 11) is 0. The van der Waals surface area contributed by atoms with Gasteiger partial charge in [0.05, 0.1) is 24.0 Å². The first-order chi connectivity index (χ1) is 11.9. The average molecular weight is 349 g/mol. The molecule has 1 aromatic heterocycles. The summed E-state index contributed by atoms with van der Waals surface area (Å²) < 4.78 is 38.4. The lowest BCUT2D eigenvalue weighted by Crippen LogP contribution is -2.38. The van der Waals surface area contributed by atoms with Gasteiger partial charge in [-0.25, -0.2) is 4.79 Å². The van der Waals surface area contributed by atoms with Crippen molar-refractivity contribution in [3.8, 4) is 0 Å². The van der Waals surface area contributed by atoms with E-state index < -0.39 is 11.7 Å². The molecule has 3 rings (SSSR count). The van der Waals surface area contributed by atoms with E-state index in [0.717, 1.165) is 12.1 Å². The first-order valence-electron chi connectivity index (χ1n) is 7.35. The molecule has 1 aliphatic heterocycles. The number of nitrogens with zero attached hydrogens (tertiary/aromatic N) is 4. The predicted molar refractivity (Wildman–Crippen MR) is 84.0 cm³/mol. The third-order valence-corrected chi connectivity index (χ3v) is 3.53. The molecule has 0 saturated carbocycles. The quantitative estimate of drug-likeness (QED) is 0.926. The number of hydrogen-bond donors (Lipinski definition) is 1. The molecule has 130 valence electrons. The van der Waals surface area contributed by atoms with Gasteiger partial charge in [0.1, 0.15) is 6.67 Å². The SMILES string of the molecule is O=C(NCc1cnccn1)N1C=CN(c2cccc(C(F)(F)F)c2)C1. The Hall–Kier alpha value is -3.10. The minimum absolute atomic E-state index is 0.119. The molecule has 2 heterocycles. The van der Waals surface area contributed by atoms with Crippen LogP contribution >= 0.6 is 0 Å². The van der Waals surface area contributed by atoms with E-state index >= 15 is 0 Å². The Morgan fingerprint density at radius 1 is 1.24 bits per heavy atom. The number of nitrogens with one attached hydrogen (secondary N) is 1. The smallest absolute Gasteiger partial charge is 0.332 e. The van der Waals surface area contributed by atoms with E-state index in [1.807, 2.05) is 0 Å². The molecule has 0 unspecified atom stereocenters. The van der Waals surface area contributed by atoms with Gasteiger partial charge in [-0.3, -0.25) is 14.9 Å². The largest absolute Gasteiger partial charge is 0.416 e. The zero-order valence-corrected chi connectivity index (χ0v) is 12.9. The first kappa shape index (κ1) is 16.7. The number of alkyl halides is 3. The van der Waals surface area contributed by atoms with E-state index in [-0.39, 0.29) is 19.2 Å². The van der Waals surface area contributed by atoms with Gasteiger partial charge in [0.2, 0.25) is 0 Å². The number of benzene rings is 1. The van der Waals surface area contributed by atoms with E-state index in [1.54, 1.807) is 17.2 Å². The van der Waals surface area contributed by atoms with Crippen LogP contribution in [0.5, 0.6) is 0 Å². The Kier molecular flexibility index (Phi) is 4.55. The second kappa shape index (κ2) is 6.80. The fourth-order valence-corrected chi connectivity index (χ4v) is 2.27. The van der Waals surface area contributed by atoms with Crippen LogP contribution in [0.4, 0.5) is 23.7 Å². The van der Waals surface area contributed by atoms with E-state index in [0.29, 0.717) is 11.4 Å². The highest BCUT2D eigenvalue weighted by Gasteiger charge is 2.31. The molecule has 0 radical (unpaired) electrons. The highest BCUT2D eigenvalue weighted by atomic mass is 19.4. The summed E-state index contributed by atoms with van der Waals surface area (Å²) in [5.41, 5.74) is 0.230. The molecular weight excluding hydrogens is 335 g/mol. The lowest BCUT2D eigenvalue weighted by atomic mass is 10.2. The number of hydrogen-bond acceptors (Lipinski definition) is 4. The van der Waals surface area contributed by atoms with Crippen molar-refractivity contribution in [2.75, 3.05) is 11.6 Å². The molecular formula is C16H14F3N5O. The van der Waals surface area contributed by atoms with Crippen LogP contribution in [0.1, 0.15) is 11.3 Å². The van der Waals surface area contributed by atoms with Crippen LogP contribution in [0.2, 0.25) is 0 Å². The second-order valence-corrected chi connectivity index (χ2v) is 5.28. The fraction of sp³-hybridized carbons (Fsp3) is 0.188. The number of halogens is 3. The van der Waals surface area contributed by atoms with E-state index in [1.165, 1.54) is 35.8 Å². The third kappa shape index (κ3) is 4.06. The topological polar surface area (TPSA) is 61.4 Å². The van der Waals surface area contributed by atoms with Crippen LogP contribution in [0.25, 0.3) is 0 Å². The highest BCUT2D eigenvalue weighted by molar-refractivity contribution is 5.76. The van der Waals surface area contributed by atoms with Crippen molar-refractivity contribution in [3.05, 3.63) is 66.5 Å². The van der Waals surface area contributed by atoms with Crippen molar-refractivity contribution < 1.29 is 18.0 Å². The number of rotatable bonds is 3. The molecule has 9 heteroatoms. The van der Waals surface area contributed by atoms with Gasteiger partial charge in [0.15, 0.2) is 0 Å². The molecule has 0 saturated heterocycles. The zero-order chi connectivity index (χ0) is 17.9. The molecule has 25 heavy (non-hydrogen) atoms. The maximum Gasteiger partial charge on any atom is 0.416 e. The minimum Gasteiger partial charge on any atom is -0.332 e. The third-order valence-electron chi connectivity index (χ3n) is 3.53. The number of carbonyl (C=O) groups is 1. The Morgan fingerprint density at radius 3 is 2.80 bits per heavy atom. The lowest BCUT2D eigenvalue weighted by molar-refractivity contribution is -0.137. The van der Waals surface area contributed by atoms with E-state index in [2.05, 4.69) is 15.3 Å². The number of urea groups is 1. The normalized spacial score (nSPS) is 14.0. The minimum atomic E-state index is -4.41. The zero-order valence-electron chi connectivity index (χ0n) is 12.9. The Balaban J connectivity index is 1.60. The maximum absolute atomic E-state index is 12.8. The van der Waals surface area contributed by atoms with Gasteiger partial charge in [0, 0.05) is 30.5 Å². The van der Waals surface area contributed by atoms with Crippen LogP contribution < -0.4 is 10.2 Å². The van der Waals surface area contributed by atoms with Crippen molar-refractivity contribution in [3.63, 3.8) is 0 Å². The second-order valence-electron chi connectivity index (χ2n) is 5.28. The van der Waals surface area contributed by atoms with Crippen LogP contribution in [0.3, 0.4) is 0 Å². The summed E-state index contributed by atoms with van der Waals surface area (Å²) in [6.45, 7) is 0.328. The molecule has 0 aliphatic carbocycles. The van der Waals surface area contributed by atoms with Crippen LogP contribution in [0.15, 0.2) is 55.3 Å². The summed E-state index contributed by atoms with van der Waals surface area (Å²) in [6, 6.07) is 4.57. The van der Waals surface area contributed by atoms with Gasteiger partial charge < -0.3 is 10.2 Å². The van der Waals surface area contributed by atoms with Crippen LogP contribution in [0, 0.1) is 0 Å². The number of carbonyl (C=O) groups excluding carboxylic acids is 1. The lowest BCUT2D eigenvalue weighted by Gasteiger charge is -2.21. The number of aromatic nitrogens is 2. The highest BCUT2D eigenvalue weighted by Crippen LogP contribution is 2.32. The fourth-order valence-electron chi connectivity index (χ4n) is 2.27. The molecule has 0 fully saturated rings. The molecule has 1 N–H and O–H groups in total. The molecule has 0 atom stereocenters. The van der Waals surface area contributed by atoms with Gasteiger partial charge in [0.25, 0.3) is 0 Å². The van der Waals surface area contributed by atoms with Gasteiger partial charge in [-0.05, 0) is 18.2 Å². The van der Waals surface area contributed by atoms with Crippen molar-refractivity contribution in [2.24, 2.45) is 0 Å². The molecule has 0 spiro atoms. The van der Waals surface area contributed by atoms with Crippen molar-refractivity contribution >= 4 is 11.7 Å². The molecule has 2 amide bonds. The molecule has 6 nitrogen and oxygen atoms in total. The van der Waals surface area contributed by atoms with Gasteiger partial charge >= 0.3 is 12.2 Å². The average Bonchev–Trinajstić information content (AvgIpc) is 3.10. The summed E-state index contributed by atoms with van der Waals surface area (Å²) in [6.07, 6.45) is 3.24. The molecule has 1 aliphatic rings. The monoisotopic (exact) mass is 349 g/mol. The van der Waals surface area contributed by atoms with E-state index in [9.17, 15) is 18.0 Å². The van der Waals surface area contributed by atoms with Crippen molar-refractivity contribution in [2.45, 2.75) is 12.7 Å². The standard InChI is InChI=1S/C16H14F3N5O/c17-16(18,19)12-2-1-3-14(8-12)23-6-7-24(11-23)15(25)22-10-13-9-20-4-5-21-13/h1-9H,10-11H2,(H,22,25).